The van der Waals surface area contributed by atoms with Crippen molar-refractivity contribution in [3.05, 3.63) is 64.5 Å². The number of halogens is 1. The molecule has 5 aliphatic carbocycles. The topological polar surface area (TPSA) is 50.2 Å². The Kier molecular flexibility index (Phi) is 4.11. The fourth-order valence-corrected chi connectivity index (χ4v) is 8.27. The number of carboxylic acid groups (broad SMARTS) is 1. The first kappa shape index (κ1) is 19.7. The van der Waals surface area contributed by atoms with E-state index in [4.69, 9.17) is 4.98 Å². The molecule has 1 N–H and O–H groups in total. The highest BCUT2D eigenvalue weighted by Gasteiger charge is 2.51. The summed E-state index contributed by atoms with van der Waals surface area (Å²) in [6.07, 6.45) is 10.8. The summed E-state index contributed by atoms with van der Waals surface area (Å²) in [5, 5.41) is 10.5. The molecule has 1 aromatic heterocycles. The number of aryl methyl sites for hydroxylation is 1. The molecule has 3 aromatic rings. The van der Waals surface area contributed by atoms with Crippen LogP contribution in [0.3, 0.4) is 0 Å². The van der Waals surface area contributed by atoms with E-state index in [0.29, 0.717) is 22.7 Å². The van der Waals surface area contributed by atoms with Gasteiger partial charge in [0.2, 0.25) is 0 Å². The molecule has 0 unspecified atom stereocenters. The fraction of sp³-hybridized carbons (Fsp3) is 0.448. The van der Waals surface area contributed by atoms with E-state index < -0.39 is 11.8 Å². The number of aromatic carboxylic acids is 1. The minimum atomic E-state index is -1.00. The van der Waals surface area contributed by atoms with Gasteiger partial charge in [0.15, 0.2) is 0 Å². The Labute approximate surface area is 193 Å². The van der Waals surface area contributed by atoms with Crippen LogP contribution in [0.15, 0.2) is 36.4 Å². The van der Waals surface area contributed by atoms with E-state index in [1.54, 1.807) is 6.07 Å². The third-order valence-electron chi connectivity index (χ3n) is 9.15. The number of fused-ring (bicyclic) bond motifs is 4. The zero-order valence-corrected chi connectivity index (χ0v) is 18.7. The third kappa shape index (κ3) is 2.92. The van der Waals surface area contributed by atoms with Gasteiger partial charge in [-0.25, -0.2) is 14.2 Å². The van der Waals surface area contributed by atoms with Gasteiger partial charge < -0.3 is 5.11 Å². The molecule has 4 saturated carbocycles. The second-order valence-electron chi connectivity index (χ2n) is 11.2. The molecule has 0 aliphatic heterocycles. The number of hydrogen-bond donors (Lipinski definition) is 1. The number of benzene rings is 2. The lowest BCUT2D eigenvalue weighted by Gasteiger charge is -2.57. The van der Waals surface area contributed by atoms with Crippen LogP contribution in [0, 0.1) is 23.6 Å². The first-order chi connectivity index (χ1) is 16.0. The Bertz CT molecular complexity index is 1290. The van der Waals surface area contributed by atoms with Gasteiger partial charge in [0.05, 0.1) is 16.8 Å². The lowest BCUT2D eigenvalue weighted by atomic mass is 9.48. The van der Waals surface area contributed by atoms with Crippen LogP contribution in [0.2, 0.25) is 0 Å². The summed E-state index contributed by atoms with van der Waals surface area (Å²) in [5.41, 5.74) is 6.50. The number of carboxylic acids is 1. The maximum absolute atomic E-state index is 14.0. The fourth-order valence-electron chi connectivity index (χ4n) is 8.27. The van der Waals surface area contributed by atoms with Crippen LogP contribution in [0.25, 0.3) is 22.2 Å². The molecule has 8 rings (SSSR count). The smallest absolute Gasteiger partial charge is 0.336 e. The summed E-state index contributed by atoms with van der Waals surface area (Å²) < 4.78 is 14.0. The minimum Gasteiger partial charge on any atom is -0.478 e. The van der Waals surface area contributed by atoms with E-state index in [1.807, 2.05) is 0 Å². The van der Waals surface area contributed by atoms with Crippen LogP contribution in [0.1, 0.15) is 72.0 Å². The number of rotatable bonds is 2. The van der Waals surface area contributed by atoms with Crippen molar-refractivity contribution in [3.8, 4) is 11.3 Å². The summed E-state index contributed by atoms with van der Waals surface area (Å²) in [4.78, 5) is 17.2. The number of carbonyl (C=O) groups is 1. The lowest BCUT2D eigenvalue weighted by Crippen LogP contribution is -2.48. The van der Waals surface area contributed by atoms with E-state index >= 15 is 0 Å². The second-order valence-corrected chi connectivity index (χ2v) is 11.2. The molecule has 4 bridgehead atoms. The van der Waals surface area contributed by atoms with Gasteiger partial charge in [0.1, 0.15) is 5.82 Å². The van der Waals surface area contributed by atoms with Crippen LogP contribution >= 0.6 is 0 Å². The maximum Gasteiger partial charge on any atom is 0.336 e. The molecule has 1 heterocycles. The van der Waals surface area contributed by atoms with Crippen molar-refractivity contribution in [1.29, 1.82) is 0 Å². The summed E-state index contributed by atoms with van der Waals surface area (Å²) in [7, 11) is 0. The van der Waals surface area contributed by atoms with Crippen molar-refractivity contribution in [2.75, 3.05) is 0 Å². The summed E-state index contributed by atoms with van der Waals surface area (Å²) >= 11 is 0. The van der Waals surface area contributed by atoms with Gasteiger partial charge in [0, 0.05) is 10.9 Å². The molecule has 168 valence electrons. The maximum atomic E-state index is 14.0. The van der Waals surface area contributed by atoms with E-state index in [2.05, 4.69) is 18.2 Å². The molecule has 2 aromatic carbocycles. The van der Waals surface area contributed by atoms with Gasteiger partial charge >= 0.3 is 5.97 Å². The van der Waals surface area contributed by atoms with Gasteiger partial charge in [-0.2, -0.15) is 0 Å². The first-order valence-corrected chi connectivity index (χ1v) is 12.5. The van der Waals surface area contributed by atoms with E-state index in [1.165, 1.54) is 61.8 Å². The standard InChI is InChI=1S/C29H28FNO2/c30-21-5-7-25-24(12-21)26(28(32)33)23-3-1-2-19-11-20(4-6-22(19)27(23)31-25)29-13-16-8-17(14-29)10-18(9-16)15-29/h4-7,11-12,16-18H,1-3,8-10,13-15H2,(H,32,33). The van der Waals surface area contributed by atoms with Crippen molar-refractivity contribution in [2.45, 2.75) is 63.2 Å². The number of hydrogen-bond acceptors (Lipinski definition) is 2. The SMILES string of the molecule is O=C(O)c1c2c(nc3ccc(F)cc13)-c1ccc(C34CC5CC(CC(C5)C3)C4)cc1CCC2. The predicted octanol–water partition coefficient (Wildman–Crippen LogP) is 6.70. The summed E-state index contributed by atoms with van der Waals surface area (Å²) in [5.74, 6) is 1.28. The second kappa shape index (κ2) is 6.88. The van der Waals surface area contributed by atoms with Crippen molar-refractivity contribution in [1.82, 2.24) is 4.98 Å². The molecule has 4 heteroatoms. The molecule has 4 fully saturated rings. The molecular weight excluding hydrogens is 413 g/mol. The zero-order valence-electron chi connectivity index (χ0n) is 18.7. The molecular formula is C29H28FNO2. The molecule has 5 aliphatic rings. The van der Waals surface area contributed by atoms with Crippen LogP contribution in [0.5, 0.6) is 0 Å². The molecule has 0 atom stereocenters. The summed E-state index contributed by atoms with van der Waals surface area (Å²) in [6.45, 7) is 0. The van der Waals surface area contributed by atoms with E-state index in [9.17, 15) is 14.3 Å². The van der Waals surface area contributed by atoms with Crippen molar-refractivity contribution in [2.24, 2.45) is 17.8 Å². The average molecular weight is 442 g/mol. The molecule has 0 amide bonds. The van der Waals surface area contributed by atoms with Gasteiger partial charge in [-0.1, -0.05) is 18.2 Å². The molecule has 0 saturated heterocycles. The monoisotopic (exact) mass is 441 g/mol. The lowest BCUT2D eigenvalue weighted by molar-refractivity contribution is -0.00521. The van der Waals surface area contributed by atoms with Crippen LogP contribution in [0.4, 0.5) is 4.39 Å². The van der Waals surface area contributed by atoms with Crippen molar-refractivity contribution in [3.63, 3.8) is 0 Å². The highest BCUT2D eigenvalue weighted by atomic mass is 19.1. The largest absolute Gasteiger partial charge is 0.478 e. The molecule has 33 heavy (non-hydrogen) atoms. The Hall–Kier alpha value is -2.75. The van der Waals surface area contributed by atoms with Crippen molar-refractivity contribution < 1.29 is 14.3 Å². The highest BCUT2D eigenvalue weighted by Crippen LogP contribution is 2.61. The van der Waals surface area contributed by atoms with Crippen molar-refractivity contribution >= 4 is 16.9 Å². The minimum absolute atomic E-state index is 0.215. The zero-order chi connectivity index (χ0) is 22.3. The third-order valence-corrected chi connectivity index (χ3v) is 9.15. The Morgan fingerprint density at radius 1 is 0.970 bits per heavy atom. The number of aromatic nitrogens is 1. The quantitative estimate of drug-likeness (QED) is 0.482. The predicted molar refractivity (Wildman–Crippen MR) is 126 cm³/mol. The van der Waals surface area contributed by atoms with E-state index in [0.717, 1.165) is 47.4 Å². The van der Waals surface area contributed by atoms with E-state index in [-0.39, 0.29) is 5.56 Å². The molecule has 0 radical (unpaired) electrons. The normalized spacial score (nSPS) is 29.5. The van der Waals surface area contributed by atoms with Crippen LogP contribution in [-0.4, -0.2) is 16.1 Å². The Morgan fingerprint density at radius 2 is 1.70 bits per heavy atom. The Morgan fingerprint density at radius 3 is 2.39 bits per heavy atom. The number of pyridine rings is 1. The Balaban J connectivity index is 1.39. The van der Waals surface area contributed by atoms with Gasteiger partial charge in [-0.15, -0.1) is 0 Å². The van der Waals surface area contributed by atoms with Crippen LogP contribution < -0.4 is 0 Å². The first-order valence-electron chi connectivity index (χ1n) is 12.5. The van der Waals surface area contributed by atoms with Gasteiger partial charge in [-0.05, 0) is 116 Å². The number of nitrogens with zero attached hydrogens (tertiary/aromatic N) is 1. The highest BCUT2D eigenvalue weighted by molar-refractivity contribution is 6.06. The molecule has 3 nitrogen and oxygen atoms in total. The average Bonchev–Trinajstić information content (AvgIpc) is 2.95. The van der Waals surface area contributed by atoms with Crippen LogP contribution in [-0.2, 0) is 18.3 Å². The molecule has 0 spiro atoms. The van der Waals surface area contributed by atoms with Gasteiger partial charge in [-0.3, -0.25) is 0 Å². The van der Waals surface area contributed by atoms with Gasteiger partial charge in [0.25, 0.3) is 0 Å². The summed E-state index contributed by atoms with van der Waals surface area (Å²) in [6, 6.07) is 11.2.